The number of hydrogen-bond acceptors (Lipinski definition) is 2. The van der Waals surface area contributed by atoms with Crippen molar-refractivity contribution in [3.63, 3.8) is 0 Å². The van der Waals surface area contributed by atoms with Crippen LogP contribution in [0.2, 0.25) is 0 Å². The lowest BCUT2D eigenvalue weighted by atomic mass is 10.0. The van der Waals surface area contributed by atoms with E-state index in [1.165, 1.54) is 12.1 Å². The Labute approximate surface area is 122 Å². The van der Waals surface area contributed by atoms with E-state index in [-0.39, 0.29) is 24.1 Å². The van der Waals surface area contributed by atoms with Crippen LogP contribution in [0.15, 0.2) is 24.3 Å². The first-order valence-corrected chi connectivity index (χ1v) is 7.08. The van der Waals surface area contributed by atoms with Crippen molar-refractivity contribution in [1.82, 2.24) is 10.2 Å². The summed E-state index contributed by atoms with van der Waals surface area (Å²) in [6.45, 7) is 3.17. The summed E-state index contributed by atoms with van der Waals surface area (Å²) in [5.74, 6) is -0.110. The van der Waals surface area contributed by atoms with Crippen molar-refractivity contribution >= 4 is 5.91 Å². The highest BCUT2D eigenvalue weighted by atomic mass is 19.4. The van der Waals surface area contributed by atoms with Gasteiger partial charge in [-0.1, -0.05) is 25.1 Å². The summed E-state index contributed by atoms with van der Waals surface area (Å²) < 4.78 is 39.1. The lowest BCUT2D eigenvalue weighted by Gasteiger charge is -2.29. The van der Waals surface area contributed by atoms with Gasteiger partial charge >= 0.3 is 6.18 Å². The number of amides is 1. The average molecular weight is 300 g/mol. The second kappa shape index (κ2) is 6.47. The van der Waals surface area contributed by atoms with Gasteiger partial charge in [-0.05, 0) is 24.6 Å². The molecule has 1 aromatic carbocycles. The van der Waals surface area contributed by atoms with Crippen LogP contribution in [0.1, 0.15) is 30.9 Å². The fourth-order valence-electron chi connectivity index (χ4n) is 2.65. The molecule has 1 N–H and O–H groups in total. The predicted octanol–water partition coefficient (Wildman–Crippen LogP) is 2.81. The molecule has 0 radical (unpaired) electrons. The zero-order valence-electron chi connectivity index (χ0n) is 11.9. The van der Waals surface area contributed by atoms with E-state index in [0.29, 0.717) is 13.0 Å². The maximum absolute atomic E-state index is 13.0. The number of nitrogens with zero attached hydrogens (tertiary/aromatic N) is 1. The third-order valence-corrected chi connectivity index (χ3v) is 3.76. The SMILES string of the molecule is CCC(=O)N(Cc1ccccc1C(F)(F)F)C1CCNC1. The maximum atomic E-state index is 13.0. The number of nitrogens with one attached hydrogen (secondary N) is 1. The summed E-state index contributed by atoms with van der Waals surface area (Å²) in [4.78, 5) is 13.7. The highest BCUT2D eigenvalue weighted by molar-refractivity contribution is 5.76. The molecule has 116 valence electrons. The van der Waals surface area contributed by atoms with Crippen molar-refractivity contribution in [2.75, 3.05) is 13.1 Å². The Kier molecular flexibility index (Phi) is 4.88. The topological polar surface area (TPSA) is 32.3 Å². The van der Waals surface area contributed by atoms with E-state index in [4.69, 9.17) is 0 Å². The summed E-state index contributed by atoms with van der Waals surface area (Å²) in [7, 11) is 0. The molecule has 0 aromatic heterocycles. The second-order valence-corrected chi connectivity index (χ2v) is 5.18. The Morgan fingerprint density at radius 1 is 1.38 bits per heavy atom. The minimum Gasteiger partial charge on any atom is -0.334 e. The van der Waals surface area contributed by atoms with Gasteiger partial charge in [0, 0.05) is 25.6 Å². The molecule has 2 rings (SSSR count). The number of carbonyl (C=O) groups is 1. The minimum atomic E-state index is -4.40. The molecule has 1 amide bonds. The molecular weight excluding hydrogens is 281 g/mol. The molecule has 1 aliphatic rings. The molecule has 1 aromatic rings. The molecule has 1 aliphatic heterocycles. The van der Waals surface area contributed by atoms with Crippen molar-refractivity contribution < 1.29 is 18.0 Å². The van der Waals surface area contributed by atoms with Crippen LogP contribution in [0.4, 0.5) is 13.2 Å². The predicted molar refractivity (Wildman–Crippen MR) is 73.6 cm³/mol. The van der Waals surface area contributed by atoms with Crippen LogP contribution in [-0.4, -0.2) is 29.9 Å². The van der Waals surface area contributed by atoms with Gasteiger partial charge in [0.15, 0.2) is 0 Å². The zero-order valence-corrected chi connectivity index (χ0v) is 11.9. The molecule has 0 spiro atoms. The number of carbonyl (C=O) groups excluding carboxylic acids is 1. The molecule has 3 nitrogen and oxygen atoms in total. The summed E-state index contributed by atoms with van der Waals surface area (Å²) in [5, 5.41) is 3.15. The number of alkyl halides is 3. The van der Waals surface area contributed by atoms with Crippen LogP contribution in [-0.2, 0) is 17.5 Å². The van der Waals surface area contributed by atoms with Crippen molar-refractivity contribution in [3.05, 3.63) is 35.4 Å². The summed E-state index contributed by atoms with van der Waals surface area (Å²) in [6, 6.07) is 5.43. The maximum Gasteiger partial charge on any atom is 0.416 e. The minimum absolute atomic E-state index is 0.00863. The number of benzene rings is 1. The highest BCUT2D eigenvalue weighted by Crippen LogP contribution is 2.32. The van der Waals surface area contributed by atoms with Gasteiger partial charge in [-0.3, -0.25) is 4.79 Å². The molecular formula is C15H19F3N2O. The van der Waals surface area contributed by atoms with Gasteiger partial charge in [-0.15, -0.1) is 0 Å². The third kappa shape index (κ3) is 3.75. The fraction of sp³-hybridized carbons (Fsp3) is 0.533. The Morgan fingerprint density at radius 2 is 2.10 bits per heavy atom. The smallest absolute Gasteiger partial charge is 0.334 e. The molecule has 1 unspecified atom stereocenters. The Bertz CT molecular complexity index is 496. The van der Waals surface area contributed by atoms with Gasteiger partial charge in [-0.25, -0.2) is 0 Å². The van der Waals surface area contributed by atoms with Gasteiger partial charge in [0.1, 0.15) is 0 Å². The first kappa shape index (κ1) is 15.8. The van der Waals surface area contributed by atoms with E-state index in [9.17, 15) is 18.0 Å². The summed E-state index contributed by atoms with van der Waals surface area (Å²) in [6.07, 6.45) is -3.32. The van der Waals surface area contributed by atoms with Crippen molar-refractivity contribution in [2.24, 2.45) is 0 Å². The van der Waals surface area contributed by atoms with Gasteiger partial charge in [-0.2, -0.15) is 13.2 Å². The van der Waals surface area contributed by atoms with E-state index in [0.717, 1.165) is 19.0 Å². The first-order valence-electron chi connectivity index (χ1n) is 7.08. The lowest BCUT2D eigenvalue weighted by Crippen LogP contribution is -2.41. The Hall–Kier alpha value is -1.56. The largest absolute Gasteiger partial charge is 0.416 e. The van der Waals surface area contributed by atoms with Crippen molar-refractivity contribution in [2.45, 2.75) is 38.5 Å². The first-order chi connectivity index (χ1) is 9.93. The quantitative estimate of drug-likeness (QED) is 0.927. The van der Waals surface area contributed by atoms with Crippen LogP contribution in [0, 0.1) is 0 Å². The highest BCUT2D eigenvalue weighted by Gasteiger charge is 2.34. The molecule has 0 saturated carbocycles. The Balaban J connectivity index is 2.26. The van der Waals surface area contributed by atoms with E-state index in [1.807, 2.05) is 0 Å². The molecule has 0 aliphatic carbocycles. The van der Waals surface area contributed by atoms with Crippen LogP contribution < -0.4 is 5.32 Å². The standard InChI is InChI=1S/C15H19F3N2O/c1-2-14(21)20(12-7-8-19-9-12)10-11-5-3-4-6-13(11)15(16,17)18/h3-6,12,19H,2,7-10H2,1H3. The van der Waals surface area contributed by atoms with Crippen molar-refractivity contribution in [1.29, 1.82) is 0 Å². The Morgan fingerprint density at radius 3 is 2.67 bits per heavy atom. The summed E-state index contributed by atoms with van der Waals surface area (Å²) >= 11 is 0. The second-order valence-electron chi connectivity index (χ2n) is 5.18. The van der Waals surface area contributed by atoms with E-state index < -0.39 is 11.7 Å². The normalized spacial score (nSPS) is 18.8. The monoisotopic (exact) mass is 300 g/mol. The molecule has 1 saturated heterocycles. The van der Waals surface area contributed by atoms with E-state index in [1.54, 1.807) is 17.9 Å². The van der Waals surface area contributed by atoms with Gasteiger partial charge < -0.3 is 10.2 Å². The van der Waals surface area contributed by atoms with Gasteiger partial charge in [0.05, 0.1) is 5.56 Å². The molecule has 6 heteroatoms. The van der Waals surface area contributed by atoms with Crippen LogP contribution in [0.3, 0.4) is 0 Å². The van der Waals surface area contributed by atoms with Crippen molar-refractivity contribution in [3.8, 4) is 0 Å². The number of halogens is 3. The van der Waals surface area contributed by atoms with Crippen LogP contribution in [0.25, 0.3) is 0 Å². The van der Waals surface area contributed by atoms with Gasteiger partial charge in [0.2, 0.25) is 5.91 Å². The van der Waals surface area contributed by atoms with Crippen LogP contribution >= 0.6 is 0 Å². The zero-order chi connectivity index (χ0) is 15.5. The van der Waals surface area contributed by atoms with E-state index >= 15 is 0 Å². The third-order valence-electron chi connectivity index (χ3n) is 3.76. The molecule has 1 fully saturated rings. The fourth-order valence-corrected chi connectivity index (χ4v) is 2.65. The number of rotatable bonds is 4. The summed E-state index contributed by atoms with van der Waals surface area (Å²) in [5.41, 5.74) is -0.511. The molecule has 21 heavy (non-hydrogen) atoms. The number of hydrogen-bond donors (Lipinski definition) is 1. The van der Waals surface area contributed by atoms with Gasteiger partial charge in [0.25, 0.3) is 0 Å². The molecule has 1 heterocycles. The van der Waals surface area contributed by atoms with E-state index in [2.05, 4.69) is 5.32 Å². The lowest BCUT2D eigenvalue weighted by molar-refractivity contribution is -0.140. The molecule has 0 bridgehead atoms. The van der Waals surface area contributed by atoms with Crippen LogP contribution in [0.5, 0.6) is 0 Å². The average Bonchev–Trinajstić information content (AvgIpc) is 2.97. The molecule has 1 atom stereocenters.